The number of rotatable bonds is 4. The molecule has 20 heavy (non-hydrogen) atoms. The first-order valence-corrected chi connectivity index (χ1v) is 8.34. The van der Waals surface area contributed by atoms with Crippen LogP contribution in [0.15, 0.2) is 35.5 Å². The van der Waals surface area contributed by atoms with E-state index in [1.165, 1.54) is 36.8 Å². The normalized spacial score (nSPS) is 8.30. The lowest BCUT2D eigenvalue weighted by Gasteiger charge is -1.94. The molecule has 0 saturated carbocycles. The van der Waals surface area contributed by atoms with Gasteiger partial charge in [-0.25, -0.2) is 0 Å². The lowest BCUT2D eigenvalue weighted by molar-refractivity contribution is 0.886. The van der Waals surface area contributed by atoms with Gasteiger partial charge >= 0.3 is 0 Å². The van der Waals surface area contributed by atoms with Crippen molar-refractivity contribution >= 4 is 0 Å². The van der Waals surface area contributed by atoms with Crippen LogP contribution in [0.5, 0.6) is 0 Å². The second-order valence-corrected chi connectivity index (χ2v) is 4.86. The Labute approximate surface area is 131 Å². The van der Waals surface area contributed by atoms with Gasteiger partial charge in [-0.05, 0) is 27.7 Å². The molecule has 0 aromatic rings. The molecular weight excluding hydrogens is 240 g/mol. The van der Waals surface area contributed by atoms with Crippen molar-refractivity contribution in [3.8, 4) is 0 Å². The molecule has 0 aliphatic rings. The molecular formula is C20H42. The zero-order valence-electron chi connectivity index (χ0n) is 16.2. The first-order chi connectivity index (χ1) is 9.37. The third-order valence-corrected chi connectivity index (χ3v) is 2.41. The topological polar surface area (TPSA) is 0 Å². The molecule has 0 aromatic carbocycles. The Bertz CT molecular complexity index is 216. The summed E-state index contributed by atoms with van der Waals surface area (Å²) in [6.45, 7) is 24.8. The van der Waals surface area contributed by atoms with Gasteiger partial charge in [0.1, 0.15) is 0 Å². The Morgan fingerprint density at radius 3 is 1.15 bits per heavy atom. The van der Waals surface area contributed by atoms with E-state index in [0.717, 1.165) is 5.57 Å². The van der Waals surface area contributed by atoms with E-state index in [1.807, 2.05) is 26.8 Å². The molecule has 0 amide bonds. The van der Waals surface area contributed by atoms with Crippen molar-refractivity contribution in [1.82, 2.24) is 0 Å². The molecule has 0 N–H and O–H groups in total. The summed E-state index contributed by atoms with van der Waals surface area (Å²) in [5, 5.41) is 0. The Morgan fingerprint density at radius 2 is 1.00 bits per heavy atom. The predicted octanol–water partition coefficient (Wildman–Crippen LogP) is 8.11. The zero-order valence-corrected chi connectivity index (χ0v) is 16.2. The monoisotopic (exact) mass is 282 g/mol. The van der Waals surface area contributed by atoms with Crippen LogP contribution >= 0.6 is 0 Å². The van der Waals surface area contributed by atoms with E-state index in [9.17, 15) is 0 Å². The molecule has 0 rings (SSSR count). The van der Waals surface area contributed by atoms with E-state index in [0.29, 0.717) is 0 Å². The standard InChI is InChI=1S/C10H16.2C4H10.C2H6/c1-8(2)6-7-10(5)9(3)4;2*1-3-4-2;1-2/h6-7H,1H2,2-5H3;2*3-4H2,1-2H3;1-2H3/b7-6-;;;. The van der Waals surface area contributed by atoms with Gasteiger partial charge in [0.25, 0.3) is 0 Å². The molecule has 122 valence electrons. The predicted molar refractivity (Wildman–Crippen MR) is 101 cm³/mol. The maximum absolute atomic E-state index is 3.78. The van der Waals surface area contributed by atoms with Gasteiger partial charge in [-0.15, -0.1) is 0 Å². The van der Waals surface area contributed by atoms with Crippen LogP contribution in [0.1, 0.15) is 94.9 Å². The second-order valence-electron chi connectivity index (χ2n) is 4.86. The van der Waals surface area contributed by atoms with Gasteiger partial charge in [-0.2, -0.15) is 0 Å². The molecule has 0 heterocycles. The molecule has 0 aromatic heterocycles. The highest BCUT2D eigenvalue weighted by molar-refractivity contribution is 5.26. The summed E-state index contributed by atoms with van der Waals surface area (Å²) < 4.78 is 0. The van der Waals surface area contributed by atoms with E-state index < -0.39 is 0 Å². The van der Waals surface area contributed by atoms with Gasteiger partial charge in [0.2, 0.25) is 0 Å². The Morgan fingerprint density at radius 1 is 0.700 bits per heavy atom. The SMILES string of the molecule is C=C(C)/C=C\C(C)=C(C)C.CC.CCCC.CCCC. The van der Waals surface area contributed by atoms with Crippen LogP contribution in [-0.2, 0) is 0 Å². The fourth-order valence-corrected chi connectivity index (χ4v) is 0.434. The van der Waals surface area contributed by atoms with E-state index in [4.69, 9.17) is 0 Å². The lowest BCUT2D eigenvalue weighted by atomic mass is 10.1. The summed E-state index contributed by atoms with van der Waals surface area (Å²) >= 11 is 0. The van der Waals surface area contributed by atoms with Crippen molar-refractivity contribution in [2.45, 2.75) is 94.9 Å². The Hall–Kier alpha value is -0.780. The highest BCUT2D eigenvalue weighted by atomic mass is 13.9. The lowest BCUT2D eigenvalue weighted by Crippen LogP contribution is -1.73. The van der Waals surface area contributed by atoms with E-state index in [1.54, 1.807) is 0 Å². The van der Waals surface area contributed by atoms with Gasteiger partial charge in [0.15, 0.2) is 0 Å². The summed E-state index contributed by atoms with van der Waals surface area (Å²) in [6, 6.07) is 0. The van der Waals surface area contributed by atoms with Crippen molar-refractivity contribution in [3.63, 3.8) is 0 Å². The van der Waals surface area contributed by atoms with Gasteiger partial charge < -0.3 is 0 Å². The maximum Gasteiger partial charge on any atom is -0.0398 e. The van der Waals surface area contributed by atoms with Crippen molar-refractivity contribution in [2.24, 2.45) is 0 Å². The molecule has 0 nitrogen and oxygen atoms in total. The van der Waals surface area contributed by atoms with Crippen LogP contribution in [0, 0.1) is 0 Å². The average Bonchev–Trinajstić information content (AvgIpc) is 2.47. The highest BCUT2D eigenvalue weighted by Gasteiger charge is 1.83. The van der Waals surface area contributed by atoms with Crippen molar-refractivity contribution < 1.29 is 0 Å². The van der Waals surface area contributed by atoms with Crippen molar-refractivity contribution in [3.05, 3.63) is 35.5 Å². The molecule has 0 heteroatoms. The molecule has 0 spiro atoms. The van der Waals surface area contributed by atoms with Crippen molar-refractivity contribution in [2.75, 3.05) is 0 Å². The van der Waals surface area contributed by atoms with Crippen LogP contribution in [0.3, 0.4) is 0 Å². The van der Waals surface area contributed by atoms with E-state index in [-0.39, 0.29) is 0 Å². The van der Waals surface area contributed by atoms with Gasteiger partial charge in [0, 0.05) is 0 Å². The fraction of sp³-hybridized carbons (Fsp3) is 0.700. The first-order valence-electron chi connectivity index (χ1n) is 8.34. The minimum absolute atomic E-state index is 1.10. The van der Waals surface area contributed by atoms with E-state index >= 15 is 0 Å². The maximum atomic E-state index is 3.78. The third-order valence-electron chi connectivity index (χ3n) is 2.41. The molecule has 0 aliphatic carbocycles. The van der Waals surface area contributed by atoms with Gasteiger partial charge in [0.05, 0.1) is 0 Å². The summed E-state index contributed by atoms with van der Waals surface area (Å²) in [6.07, 6.45) is 9.40. The first kappa shape index (κ1) is 27.5. The summed E-state index contributed by atoms with van der Waals surface area (Å²) in [5.74, 6) is 0. The van der Waals surface area contributed by atoms with Gasteiger partial charge in [-0.3, -0.25) is 0 Å². The molecule has 0 radical (unpaired) electrons. The second kappa shape index (κ2) is 26.7. The molecule has 0 aliphatic heterocycles. The van der Waals surface area contributed by atoms with Crippen LogP contribution in [0.4, 0.5) is 0 Å². The highest BCUT2D eigenvalue weighted by Crippen LogP contribution is 2.04. The van der Waals surface area contributed by atoms with Crippen molar-refractivity contribution in [1.29, 1.82) is 0 Å². The minimum Gasteiger partial charge on any atom is -0.0961 e. The summed E-state index contributed by atoms with van der Waals surface area (Å²) in [5.41, 5.74) is 3.78. The van der Waals surface area contributed by atoms with Gasteiger partial charge in [-0.1, -0.05) is 103 Å². The fourth-order valence-electron chi connectivity index (χ4n) is 0.434. The number of unbranched alkanes of at least 4 members (excludes halogenated alkanes) is 2. The van der Waals surface area contributed by atoms with Crippen LogP contribution in [0.2, 0.25) is 0 Å². The third kappa shape index (κ3) is 43.4. The number of allylic oxidation sites excluding steroid dienone is 5. The number of hydrogen-bond donors (Lipinski definition) is 0. The minimum atomic E-state index is 1.10. The molecule has 0 saturated heterocycles. The molecule has 0 bridgehead atoms. The smallest absolute Gasteiger partial charge is 0.0398 e. The zero-order chi connectivity index (χ0) is 17.0. The quantitative estimate of drug-likeness (QED) is 0.457. The van der Waals surface area contributed by atoms with Crippen LogP contribution in [0.25, 0.3) is 0 Å². The molecule has 0 fully saturated rings. The van der Waals surface area contributed by atoms with Crippen LogP contribution < -0.4 is 0 Å². The largest absolute Gasteiger partial charge is 0.0961 e. The number of hydrogen-bond acceptors (Lipinski definition) is 0. The Kier molecular flexibility index (Phi) is 36.8. The molecule has 0 atom stereocenters. The average molecular weight is 283 g/mol. The van der Waals surface area contributed by atoms with Crippen LogP contribution in [-0.4, -0.2) is 0 Å². The summed E-state index contributed by atoms with van der Waals surface area (Å²) in [4.78, 5) is 0. The van der Waals surface area contributed by atoms with E-state index in [2.05, 4.69) is 61.1 Å². The molecule has 0 unspecified atom stereocenters. The summed E-state index contributed by atoms with van der Waals surface area (Å²) in [7, 11) is 0. The Balaban J connectivity index is -0.000000106.